The molecule has 0 unspecified atom stereocenters. The molecule has 0 saturated carbocycles. The third-order valence-corrected chi connectivity index (χ3v) is 5.50. The average molecular weight is 373 g/mol. The van der Waals surface area contributed by atoms with E-state index in [9.17, 15) is 8.42 Å². The number of aryl methyl sites for hydroxylation is 1. The number of benzene rings is 1. The van der Waals surface area contributed by atoms with Crippen LogP contribution in [-0.4, -0.2) is 24.6 Å². The normalized spacial score (nSPS) is 11.6. The third-order valence-electron chi connectivity index (χ3n) is 3.75. The van der Waals surface area contributed by atoms with Gasteiger partial charge in [-0.25, -0.2) is 13.4 Å². The molecule has 3 rings (SSSR count). The zero-order valence-electron chi connectivity index (χ0n) is 14.3. The highest BCUT2D eigenvalue weighted by Gasteiger charge is 2.09. The molecule has 4 nitrogen and oxygen atoms in total. The van der Waals surface area contributed by atoms with Crippen LogP contribution in [0.25, 0.3) is 21.8 Å². The van der Waals surface area contributed by atoms with Gasteiger partial charge < -0.3 is 0 Å². The van der Waals surface area contributed by atoms with E-state index < -0.39 is 9.84 Å². The SMILES string of the molecule is CCCc1cc(-c2nc(-c3ccc(CS(C)(=O)=O)cc3)cs2)ccn1. The number of hydrogen-bond acceptors (Lipinski definition) is 5. The Kier molecular flexibility index (Phi) is 5.30. The lowest BCUT2D eigenvalue weighted by Crippen LogP contribution is -2.00. The molecule has 1 aromatic carbocycles. The van der Waals surface area contributed by atoms with E-state index in [0.717, 1.165) is 45.9 Å². The smallest absolute Gasteiger partial charge is 0.151 e. The molecule has 0 fully saturated rings. The lowest BCUT2D eigenvalue weighted by molar-refractivity contribution is 0.601. The summed E-state index contributed by atoms with van der Waals surface area (Å²) in [6.45, 7) is 2.14. The number of nitrogens with zero attached hydrogens (tertiary/aromatic N) is 2. The van der Waals surface area contributed by atoms with Crippen molar-refractivity contribution < 1.29 is 8.42 Å². The molecule has 3 aromatic rings. The predicted molar refractivity (Wildman–Crippen MR) is 103 cm³/mol. The summed E-state index contributed by atoms with van der Waals surface area (Å²) in [5.74, 6) is 0.0623. The fraction of sp³-hybridized carbons (Fsp3) is 0.263. The molecular formula is C19H20N2O2S2. The van der Waals surface area contributed by atoms with Crippen LogP contribution >= 0.6 is 11.3 Å². The van der Waals surface area contributed by atoms with Crippen molar-refractivity contribution in [3.05, 3.63) is 59.2 Å². The molecule has 0 aliphatic rings. The number of rotatable bonds is 6. The molecule has 25 heavy (non-hydrogen) atoms. The summed E-state index contributed by atoms with van der Waals surface area (Å²) >= 11 is 1.60. The van der Waals surface area contributed by atoms with Gasteiger partial charge in [0.05, 0.1) is 11.4 Å². The quantitative estimate of drug-likeness (QED) is 0.645. The first-order valence-electron chi connectivity index (χ1n) is 8.12. The Morgan fingerprint density at radius 3 is 2.52 bits per heavy atom. The van der Waals surface area contributed by atoms with Crippen molar-refractivity contribution in [3.8, 4) is 21.8 Å². The largest absolute Gasteiger partial charge is 0.261 e. The highest BCUT2D eigenvalue weighted by Crippen LogP contribution is 2.29. The standard InChI is InChI=1S/C19H20N2O2S2/c1-3-4-17-11-16(9-10-20-17)19-21-18(12-24-19)15-7-5-14(6-8-15)13-25(2,22)23/h5-12H,3-4,13H2,1-2H3. The van der Waals surface area contributed by atoms with Crippen LogP contribution in [0, 0.1) is 0 Å². The molecule has 2 aromatic heterocycles. The zero-order valence-corrected chi connectivity index (χ0v) is 15.9. The number of sulfone groups is 1. The van der Waals surface area contributed by atoms with Crippen molar-refractivity contribution in [1.82, 2.24) is 9.97 Å². The lowest BCUT2D eigenvalue weighted by Gasteiger charge is -2.02. The minimum atomic E-state index is -3.01. The van der Waals surface area contributed by atoms with Gasteiger partial charge in [0, 0.05) is 34.7 Å². The summed E-state index contributed by atoms with van der Waals surface area (Å²) in [7, 11) is -3.01. The van der Waals surface area contributed by atoms with Gasteiger partial charge in [-0.05, 0) is 24.1 Å². The second-order valence-electron chi connectivity index (χ2n) is 6.09. The number of aromatic nitrogens is 2. The van der Waals surface area contributed by atoms with Gasteiger partial charge in [-0.15, -0.1) is 11.3 Å². The summed E-state index contributed by atoms with van der Waals surface area (Å²) in [6.07, 6.45) is 5.11. The Morgan fingerprint density at radius 1 is 1.08 bits per heavy atom. The van der Waals surface area contributed by atoms with Crippen LogP contribution in [0.1, 0.15) is 24.6 Å². The summed E-state index contributed by atoms with van der Waals surface area (Å²) < 4.78 is 22.7. The van der Waals surface area contributed by atoms with Crippen molar-refractivity contribution in [1.29, 1.82) is 0 Å². The Labute approximate surface area is 152 Å². The second-order valence-corrected chi connectivity index (χ2v) is 9.09. The molecule has 2 heterocycles. The zero-order chi connectivity index (χ0) is 17.9. The van der Waals surface area contributed by atoms with E-state index in [-0.39, 0.29) is 5.75 Å². The van der Waals surface area contributed by atoms with Crippen molar-refractivity contribution in [3.63, 3.8) is 0 Å². The summed E-state index contributed by atoms with van der Waals surface area (Å²) in [4.78, 5) is 9.11. The molecule has 0 N–H and O–H groups in total. The van der Waals surface area contributed by atoms with Crippen LogP contribution in [0.3, 0.4) is 0 Å². The van der Waals surface area contributed by atoms with Gasteiger partial charge in [-0.2, -0.15) is 0 Å². The molecule has 6 heteroatoms. The van der Waals surface area contributed by atoms with Gasteiger partial charge in [0.15, 0.2) is 9.84 Å². The Morgan fingerprint density at radius 2 is 1.84 bits per heavy atom. The fourth-order valence-electron chi connectivity index (χ4n) is 2.62. The van der Waals surface area contributed by atoms with Gasteiger partial charge in [0.1, 0.15) is 5.01 Å². The minimum absolute atomic E-state index is 0.0623. The summed E-state index contributed by atoms with van der Waals surface area (Å²) in [6, 6.07) is 11.6. The average Bonchev–Trinajstić information content (AvgIpc) is 3.05. The lowest BCUT2D eigenvalue weighted by atomic mass is 10.1. The van der Waals surface area contributed by atoms with Crippen molar-refractivity contribution in [2.45, 2.75) is 25.5 Å². The second kappa shape index (κ2) is 7.45. The molecule has 0 bridgehead atoms. The van der Waals surface area contributed by atoms with Crippen LogP contribution < -0.4 is 0 Å². The summed E-state index contributed by atoms with van der Waals surface area (Å²) in [5, 5.41) is 3.00. The summed E-state index contributed by atoms with van der Waals surface area (Å²) in [5.41, 5.74) is 4.85. The van der Waals surface area contributed by atoms with E-state index in [1.807, 2.05) is 41.9 Å². The molecule has 0 amide bonds. The monoisotopic (exact) mass is 372 g/mol. The van der Waals surface area contributed by atoms with Crippen LogP contribution in [0.2, 0.25) is 0 Å². The molecular weight excluding hydrogens is 352 g/mol. The number of hydrogen-bond donors (Lipinski definition) is 0. The predicted octanol–water partition coefficient (Wildman–Crippen LogP) is 4.37. The first-order valence-corrected chi connectivity index (χ1v) is 11.1. The van der Waals surface area contributed by atoms with Gasteiger partial charge in [-0.3, -0.25) is 4.98 Å². The molecule has 0 aliphatic carbocycles. The van der Waals surface area contributed by atoms with Gasteiger partial charge in [-0.1, -0.05) is 37.6 Å². The highest BCUT2D eigenvalue weighted by molar-refractivity contribution is 7.89. The van der Waals surface area contributed by atoms with Crippen molar-refractivity contribution in [2.24, 2.45) is 0 Å². The minimum Gasteiger partial charge on any atom is -0.261 e. The Hall–Kier alpha value is -2.05. The molecule has 0 spiro atoms. The van der Waals surface area contributed by atoms with E-state index in [0.29, 0.717) is 0 Å². The molecule has 0 atom stereocenters. The van der Waals surface area contributed by atoms with Crippen LogP contribution in [0.15, 0.2) is 48.0 Å². The van der Waals surface area contributed by atoms with Crippen LogP contribution in [0.5, 0.6) is 0 Å². The van der Waals surface area contributed by atoms with Gasteiger partial charge in [0.2, 0.25) is 0 Å². The maximum absolute atomic E-state index is 11.4. The van der Waals surface area contributed by atoms with E-state index in [2.05, 4.69) is 18.0 Å². The van der Waals surface area contributed by atoms with Crippen LogP contribution in [-0.2, 0) is 22.0 Å². The van der Waals surface area contributed by atoms with Crippen LogP contribution in [0.4, 0.5) is 0 Å². The van der Waals surface area contributed by atoms with Crippen molar-refractivity contribution in [2.75, 3.05) is 6.26 Å². The fourth-order valence-corrected chi connectivity index (χ4v) is 4.24. The number of thiazole rings is 1. The first-order chi connectivity index (χ1) is 11.9. The highest BCUT2D eigenvalue weighted by atomic mass is 32.2. The Bertz CT molecular complexity index is 961. The molecule has 0 saturated heterocycles. The van der Waals surface area contributed by atoms with E-state index in [4.69, 9.17) is 4.98 Å². The van der Waals surface area contributed by atoms with Crippen molar-refractivity contribution >= 4 is 21.2 Å². The first kappa shape index (κ1) is 17.8. The van der Waals surface area contributed by atoms with Gasteiger partial charge >= 0.3 is 0 Å². The third kappa shape index (κ3) is 4.74. The number of pyridine rings is 1. The molecule has 0 aliphatic heterocycles. The maximum atomic E-state index is 11.4. The van der Waals surface area contributed by atoms with E-state index >= 15 is 0 Å². The van der Waals surface area contributed by atoms with Gasteiger partial charge in [0.25, 0.3) is 0 Å². The maximum Gasteiger partial charge on any atom is 0.151 e. The topological polar surface area (TPSA) is 59.9 Å². The molecule has 130 valence electrons. The van der Waals surface area contributed by atoms with E-state index in [1.165, 1.54) is 6.26 Å². The van der Waals surface area contributed by atoms with E-state index in [1.54, 1.807) is 11.3 Å². The molecule has 0 radical (unpaired) electrons. The Balaban J connectivity index is 1.83.